The van der Waals surface area contributed by atoms with E-state index in [1.165, 1.54) is 6.92 Å². The number of rotatable bonds is 10. The Hall–Kier alpha value is -1.50. The maximum Gasteiger partial charge on any atom is 0.268 e. The normalized spacial score (nSPS) is 11.9. The van der Waals surface area contributed by atoms with Gasteiger partial charge in [0, 0.05) is 6.54 Å². The molecule has 144 valence electrons. The molecule has 6 nitrogen and oxygen atoms in total. The first-order chi connectivity index (χ1) is 11.4. The second kappa shape index (κ2) is 17.8. The summed E-state index contributed by atoms with van der Waals surface area (Å²) in [5.41, 5.74) is 0. The molecule has 7 heteroatoms. The zero-order chi connectivity index (χ0) is 19.7. The zero-order valence-electron chi connectivity index (χ0n) is 16.5. The van der Waals surface area contributed by atoms with Gasteiger partial charge in [0.1, 0.15) is 6.04 Å². The summed E-state index contributed by atoms with van der Waals surface area (Å²) in [6.07, 6.45) is 1.13. The first-order valence-electron chi connectivity index (χ1n) is 8.70. The lowest BCUT2D eigenvalue weighted by Gasteiger charge is -2.27. The summed E-state index contributed by atoms with van der Waals surface area (Å²) in [5.74, 6) is -1.24. The van der Waals surface area contributed by atoms with Crippen LogP contribution in [0, 0.1) is 5.92 Å². The number of nitrogens with zero attached hydrogens (tertiary/aromatic N) is 1. The summed E-state index contributed by atoms with van der Waals surface area (Å²) < 4.78 is 14.2. The highest BCUT2D eigenvalue weighted by atomic mass is 19.2. The average molecular weight is 349 g/mol. The molecule has 0 rings (SSSR count). The summed E-state index contributed by atoms with van der Waals surface area (Å²) in [6.45, 7) is 13.2. The van der Waals surface area contributed by atoms with Gasteiger partial charge in [0.25, 0.3) is 5.91 Å². The summed E-state index contributed by atoms with van der Waals surface area (Å²) in [4.78, 5) is 33.6. The number of ketones is 1. The molecule has 0 aliphatic heterocycles. The molecule has 0 aromatic carbocycles. The largest absolute Gasteiger partial charge is 0.359 e. The maximum atomic E-state index is 14.2. The standard InChI is InChI=1S/C13H24FN3O3.2C2H6/c1-9(2)12(15-4)13(20)17(14)11(10(3)19)6-5-7-16-8-18;2*1-2/h8-9,11-12,15H,5-7H2,1-4H3,(H,16,18);2*1-2H3. The number of Topliss-reactive ketones (excluding diaryl/α,β-unsaturated/α-hetero) is 1. The Kier molecular flexibility index (Phi) is 20.3. The molecule has 0 saturated heterocycles. The number of hydrogen-bond acceptors (Lipinski definition) is 4. The van der Waals surface area contributed by atoms with Crippen LogP contribution in [0.5, 0.6) is 0 Å². The highest BCUT2D eigenvalue weighted by Gasteiger charge is 2.33. The van der Waals surface area contributed by atoms with Crippen molar-refractivity contribution in [3.05, 3.63) is 0 Å². The Morgan fingerprint density at radius 1 is 1.17 bits per heavy atom. The van der Waals surface area contributed by atoms with Crippen molar-refractivity contribution in [2.75, 3.05) is 13.6 Å². The van der Waals surface area contributed by atoms with E-state index in [0.29, 0.717) is 19.4 Å². The molecule has 2 amide bonds. The highest BCUT2D eigenvalue weighted by molar-refractivity contribution is 5.89. The van der Waals surface area contributed by atoms with Crippen molar-refractivity contribution in [2.24, 2.45) is 5.92 Å². The Morgan fingerprint density at radius 3 is 2.00 bits per heavy atom. The van der Waals surface area contributed by atoms with E-state index in [4.69, 9.17) is 0 Å². The van der Waals surface area contributed by atoms with Crippen LogP contribution in [0.15, 0.2) is 0 Å². The monoisotopic (exact) mass is 349 g/mol. The van der Waals surface area contributed by atoms with Gasteiger partial charge in [0.05, 0.1) is 6.04 Å². The Bertz CT molecular complexity index is 339. The van der Waals surface area contributed by atoms with E-state index in [1.807, 2.05) is 27.7 Å². The topological polar surface area (TPSA) is 78.5 Å². The van der Waals surface area contributed by atoms with Gasteiger partial charge in [0.15, 0.2) is 5.78 Å². The van der Waals surface area contributed by atoms with Gasteiger partial charge in [-0.1, -0.05) is 46.0 Å². The van der Waals surface area contributed by atoms with Crippen LogP contribution in [-0.2, 0) is 14.4 Å². The van der Waals surface area contributed by atoms with Crippen molar-refractivity contribution in [3.8, 4) is 0 Å². The molecular weight excluding hydrogens is 313 g/mol. The Labute approximate surface area is 146 Å². The van der Waals surface area contributed by atoms with Crippen LogP contribution in [0.1, 0.15) is 61.3 Å². The van der Waals surface area contributed by atoms with Crippen LogP contribution < -0.4 is 10.6 Å². The fourth-order valence-electron chi connectivity index (χ4n) is 1.96. The smallest absolute Gasteiger partial charge is 0.268 e. The van der Waals surface area contributed by atoms with Gasteiger partial charge in [-0.25, -0.2) is 0 Å². The molecule has 0 spiro atoms. The SMILES string of the molecule is CC.CC.CNC(C(=O)N(F)C(CCCNC=O)C(C)=O)C(C)C. The van der Waals surface area contributed by atoms with E-state index >= 15 is 0 Å². The second-order valence-corrected chi connectivity index (χ2v) is 5.00. The molecular formula is C17H36FN3O3. The van der Waals surface area contributed by atoms with Gasteiger partial charge in [-0.05, 0) is 32.7 Å². The van der Waals surface area contributed by atoms with Crippen LogP contribution in [0.3, 0.4) is 0 Å². The predicted molar refractivity (Wildman–Crippen MR) is 96.1 cm³/mol. The minimum atomic E-state index is -1.11. The van der Waals surface area contributed by atoms with E-state index < -0.39 is 23.8 Å². The molecule has 0 aliphatic rings. The van der Waals surface area contributed by atoms with E-state index in [2.05, 4.69) is 10.6 Å². The highest BCUT2D eigenvalue weighted by Crippen LogP contribution is 2.14. The van der Waals surface area contributed by atoms with E-state index in [-0.39, 0.29) is 17.5 Å². The number of likely N-dealkylation sites (N-methyl/N-ethyl adjacent to an activating group) is 1. The van der Waals surface area contributed by atoms with Gasteiger partial charge in [-0.15, -0.1) is 0 Å². The van der Waals surface area contributed by atoms with Gasteiger partial charge in [-0.3, -0.25) is 14.4 Å². The molecule has 0 aromatic heterocycles. The number of hydrogen-bond donors (Lipinski definition) is 2. The third-order valence-corrected chi connectivity index (χ3v) is 3.08. The number of carbonyl (C=O) groups excluding carboxylic acids is 3. The Morgan fingerprint density at radius 2 is 1.67 bits per heavy atom. The van der Waals surface area contributed by atoms with Crippen molar-refractivity contribution in [2.45, 2.75) is 73.4 Å². The fourth-order valence-corrected chi connectivity index (χ4v) is 1.96. The van der Waals surface area contributed by atoms with Crippen molar-refractivity contribution in [1.82, 2.24) is 15.8 Å². The predicted octanol–water partition coefficient (Wildman–Crippen LogP) is 2.48. The van der Waals surface area contributed by atoms with E-state index in [1.54, 1.807) is 20.9 Å². The number of halogens is 1. The molecule has 0 aromatic rings. The first-order valence-corrected chi connectivity index (χ1v) is 8.70. The summed E-state index contributed by atoms with van der Waals surface area (Å²) >= 11 is 0. The van der Waals surface area contributed by atoms with Crippen LogP contribution in [0.2, 0.25) is 0 Å². The number of amides is 2. The molecule has 2 unspecified atom stereocenters. The van der Waals surface area contributed by atoms with Crippen molar-refractivity contribution in [3.63, 3.8) is 0 Å². The lowest BCUT2D eigenvalue weighted by molar-refractivity contribution is -0.160. The quantitative estimate of drug-likeness (QED) is 0.361. The molecule has 0 aliphatic carbocycles. The third kappa shape index (κ3) is 11.1. The lowest BCUT2D eigenvalue weighted by atomic mass is 10.0. The zero-order valence-corrected chi connectivity index (χ0v) is 16.5. The van der Waals surface area contributed by atoms with Crippen molar-refractivity contribution < 1.29 is 18.9 Å². The molecule has 0 saturated carbocycles. The van der Waals surface area contributed by atoms with Crippen LogP contribution in [0.25, 0.3) is 0 Å². The molecule has 0 radical (unpaired) electrons. The second-order valence-electron chi connectivity index (χ2n) is 5.00. The van der Waals surface area contributed by atoms with Crippen LogP contribution >= 0.6 is 0 Å². The summed E-state index contributed by atoms with van der Waals surface area (Å²) in [5, 5.41) is 5.20. The maximum absolute atomic E-state index is 14.2. The minimum absolute atomic E-state index is 0.0183. The molecule has 24 heavy (non-hydrogen) atoms. The molecule has 0 bridgehead atoms. The fraction of sp³-hybridized carbons (Fsp3) is 0.824. The third-order valence-electron chi connectivity index (χ3n) is 3.08. The molecule has 2 N–H and O–H groups in total. The number of carbonyl (C=O) groups is 3. The molecule has 0 fully saturated rings. The summed E-state index contributed by atoms with van der Waals surface area (Å²) in [7, 11) is 1.58. The molecule has 2 atom stereocenters. The van der Waals surface area contributed by atoms with Gasteiger partial charge in [0.2, 0.25) is 6.41 Å². The van der Waals surface area contributed by atoms with Crippen LogP contribution in [0.4, 0.5) is 4.48 Å². The van der Waals surface area contributed by atoms with Crippen LogP contribution in [-0.4, -0.2) is 48.9 Å². The minimum Gasteiger partial charge on any atom is -0.359 e. The van der Waals surface area contributed by atoms with Crippen molar-refractivity contribution in [1.29, 1.82) is 0 Å². The first kappa shape index (κ1) is 27.4. The number of nitrogens with one attached hydrogen (secondary N) is 2. The average Bonchev–Trinajstić information content (AvgIpc) is 2.57. The lowest BCUT2D eigenvalue weighted by Crippen LogP contribution is -2.50. The Balaban J connectivity index is -0.00000102. The van der Waals surface area contributed by atoms with Crippen molar-refractivity contribution >= 4 is 18.1 Å². The summed E-state index contributed by atoms with van der Waals surface area (Å²) in [6, 6.07) is -1.78. The van der Waals surface area contributed by atoms with Gasteiger partial charge < -0.3 is 10.6 Å². The van der Waals surface area contributed by atoms with Gasteiger partial charge in [-0.2, -0.15) is 5.12 Å². The molecule has 0 heterocycles. The van der Waals surface area contributed by atoms with Gasteiger partial charge >= 0.3 is 0 Å². The van der Waals surface area contributed by atoms with E-state index in [9.17, 15) is 18.9 Å². The van der Waals surface area contributed by atoms with E-state index in [0.717, 1.165) is 0 Å².